The first-order valence-electron chi connectivity index (χ1n) is 6.10. The van der Waals surface area contributed by atoms with E-state index in [1.165, 1.54) is 0 Å². The molecular weight excluding hydrogens is 252 g/mol. The lowest BCUT2D eigenvalue weighted by atomic mass is 10.2. The predicted octanol–water partition coefficient (Wildman–Crippen LogP) is 2.88. The van der Waals surface area contributed by atoms with E-state index in [9.17, 15) is 0 Å². The third kappa shape index (κ3) is 2.72. The van der Waals surface area contributed by atoms with E-state index >= 15 is 0 Å². The molecule has 0 atom stereocenters. The first kappa shape index (κ1) is 12.1. The van der Waals surface area contributed by atoms with Crippen LogP contribution in [0.2, 0.25) is 0 Å². The van der Waals surface area contributed by atoms with Crippen LogP contribution in [0, 0.1) is 0 Å². The number of pyridine rings is 1. The molecule has 0 aliphatic rings. The van der Waals surface area contributed by atoms with Crippen LogP contribution in [0.4, 0.5) is 5.69 Å². The Morgan fingerprint density at radius 2 is 2.00 bits per heavy atom. The minimum absolute atomic E-state index is 0.424. The normalized spacial score (nSPS) is 11.0. The Morgan fingerprint density at radius 1 is 1.05 bits per heavy atom. The van der Waals surface area contributed by atoms with Gasteiger partial charge in [0.2, 0.25) is 5.82 Å². The predicted molar refractivity (Wildman–Crippen MR) is 77.3 cm³/mol. The van der Waals surface area contributed by atoms with Crippen molar-refractivity contribution in [3.05, 3.63) is 60.1 Å². The van der Waals surface area contributed by atoms with Crippen LogP contribution in [0.25, 0.3) is 23.7 Å². The monoisotopic (exact) mass is 264 g/mol. The zero-order valence-electron chi connectivity index (χ0n) is 10.6. The Labute approximate surface area is 115 Å². The van der Waals surface area contributed by atoms with Crippen LogP contribution in [0.1, 0.15) is 11.5 Å². The Morgan fingerprint density at radius 3 is 2.80 bits per heavy atom. The van der Waals surface area contributed by atoms with E-state index in [4.69, 9.17) is 10.3 Å². The lowest BCUT2D eigenvalue weighted by molar-refractivity contribution is 0.411. The van der Waals surface area contributed by atoms with Gasteiger partial charge < -0.3 is 10.3 Å². The van der Waals surface area contributed by atoms with Crippen molar-refractivity contribution in [1.29, 1.82) is 0 Å². The fraction of sp³-hybridized carbons (Fsp3) is 0. The van der Waals surface area contributed by atoms with Crippen molar-refractivity contribution in [3.8, 4) is 11.5 Å². The lowest BCUT2D eigenvalue weighted by Gasteiger charge is -1.94. The van der Waals surface area contributed by atoms with Gasteiger partial charge in [0, 0.05) is 18.0 Å². The minimum atomic E-state index is 0.424. The molecule has 0 fully saturated rings. The molecule has 0 unspecified atom stereocenters. The number of nitrogens with two attached hydrogens (primary N) is 1. The average Bonchev–Trinajstić information content (AvgIpc) is 2.95. The van der Waals surface area contributed by atoms with Gasteiger partial charge in [-0.3, -0.25) is 4.98 Å². The summed E-state index contributed by atoms with van der Waals surface area (Å²) in [5, 5.41) is 3.89. The van der Waals surface area contributed by atoms with Crippen molar-refractivity contribution in [2.75, 3.05) is 5.73 Å². The van der Waals surface area contributed by atoms with Gasteiger partial charge in [-0.2, -0.15) is 4.98 Å². The van der Waals surface area contributed by atoms with Crippen molar-refractivity contribution in [1.82, 2.24) is 15.1 Å². The summed E-state index contributed by atoms with van der Waals surface area (Å²) in [6.07, 6.45) is 5.30. The number of benzene rings is 1. The summed E-state index contributed by atoms with van der Waals surface area (Å²) in [6, 6.07) is 13.1. The second-order valence-electron chi connectivity index (χ2n) is 4.17. The molecule has 0 amide bonds. The maximum absolute atomic E-state index is 5.71. The molecule has 0 aliphatic carbocycles. The van der Waals surface area contributed by atoms with Crippen LogP contribution in [-0.4, -0.2) is 15.1 Å². The number of hydrogen-bond donors (Lipinski definition) is 1. The number of hydrogen-bond acceptors (Lipinski definition) is 5. The minimum Gasteiger partial charge on any atom is -0.399 e. The number of anilines is 1. The standard InChI is InChI=1S/C15H12N4O/c16-12-5-3-4-11(10-12)7-8-14-18-15(19-20-14)13-6-1-2-9-17-13/h1-10H,16H2/b8-7+. The molecule has 0 spiro atoms. The van der Waals surface area contributed by atoms with Gasteiger partial charge in [0.1, 0.15) is 5.69 Å². The zero-order valence-corrected chi connectivity index (χ0v) is 10.6. The van der Waals surface area contributed by atoms with Crippen molar-refractivity contribution in [3.63, 3.8) is 0 Å². The highest BCUT2D eigenvalue weighted by Crippen LogP contribution is 2.14. The summed E-state index contributed by atoms with van der Waals surface area (Å²) in [6.45, 7) is 0. The topological polar surface area (TPSA) is 77.8 Å². The first-order valence-corrected chi connectivity index (χ1v) is 6.10. The highest BCUT2D eigenvalue weighted by molar-refractivity contribution is 5.68. The quantitative estimate of drug-likeness (QED) is 0.736. The maximum atomic E-state index is 5.71. The van der Waals surface area contributed by atoms with E-state index in [2.05, 4.69) is 15.1 Å². The van der Waals surface area contributed by atoms with Gasteiger partial charge in [-0.15, -0.1) is 0 Å². The molecule has 2 N–H and O–H groups in total. The van der Waals surface area contributed by atoms with Crippen LogP contribution < -0.4 is 5.73 Å². The van der Waals surface area contributed by atoms with E-state index in [0.717, 1.165) is 5.56 Å². The average molecular weight is 264 g/mol. The van der Waals surface area contributed by atoms with Gasteiger partial charge in [0.25, 0.3) is 5.89 Å². The lowest BCUT2D eigenvalue weighted by Crippen LogP contribution is -1.84. The molecule has 0 saturated carbocycles. The van der Waals surface area contributed by atoms with Gasteiger partial charge in [-0.25, -0.2) is 0 Å². The van der Waals surface area contributed by atoms with Crippen molar-refractivity contribution >= 4 is 17.8 Å². The molecule has 0 saturated heterocycles. The van der Waals surface area contributed by atoms with Crippen LogP contribution in [0.15, 0.2) is 53.2 Å². The Kier molecular flexibility index (Phi) is 3.24. The molecule has 0 bridgehead atoms. The van der Waals surface area contributed by atoms with Gasteiger partial charge in [0.05, 0.1) is 0 Å². The molecule has 5 heteroatoms. The van der Waals surface area contributed by atoms with Crippen LogP contribution in [0.5, 0.6) is 0 Å². The molecule has 20 heavy (non-hydrogen) atoms. The third-order valence-corrected chi connectivity index (χ3v) is 2.66. The summed E-state index contributed by atoms with van der Waals surface area (Å²) in [7, 11) is 0. The molecule has 0 radical (unpaired) electrons. The summed E-state index contributed by atoms with van der Waals surface area (Å²) in [4.78, 5) is 8.43. The zero-order chi connectivity index (χ0) is 13.8. The van der Waals surface area contributed by atoms with Crippen LogP contribution >= 0.6 is 0 Å². The van der Waals surface area contributed by atoms with Gasteiger partial charge in [-0.1, -0.05) is 23.4 Å². The molecule has 3 rings (SSSR count). The second-order valence-corrected chi connectivity index (χ2v) is 4.17. The van der Waals surface area contributed by atoms with Gasteiger partial charge >= 0.3 is 0 Å². The smallest absolute Gasteiger partial charge is 0.251 e. The number of nitrogens with zero attached hydrogens (tertiary/aromatic N) is 3. The van der Waals surface area contributed by atoms with Crippen LogP contribution in [-0.2, 0) is 0 Å². The fourth-order valence-corrected chi connectivity index (χ4v) is 1.73. The summed E-state index contributed by atoms with van der Waals surface area (Å²) < 4.78 is 5.15. The first-order chi connectivity index (χ1) is 9.81. The molecule has 3 aromatic rings. The summed E-state index contributed by atoms with van der Waals surface area (Å²) in [5.74, 6) is 0.894. The SMILES string of the molecule is Nc1cccc(/C=C/c2nc(-c3ccccn3)no2)c1. The van der Waals surface area contributed by atoms with Gasteiger partial charge in [-0.05, 0) is 35.9 Å². The Hall–Kier alpha value is -2.95. The van der Waals surface area contributed by atoms with Crippen LogP contribution in [0.3, 0.4) is 0 Å². The molecule has 98 valence electrons. The van der Waals surface area contributed by atoms with E-state index < -0.39 is 0 Å². The fourth-order valence-electron chi connectivity index (χ4n) is 1.73. The third-order valence-electron chi connectivity index (χ3n) is 2.66. The van der Waals surface area contributed by atoms with Crippen molar-refractivity contribution in [2.45, 2.75) is 0 Å². The molecular formula is C15H12N4O. The molecule has 2 heterocycles. The molecule has 2 aromatic heterocycles. The van der Waals surface area contributed by atoms with E-state index in [-0.39, 0.29) is 0 Å². The van der Waals surface area contributed by atoms with E-state index in [0.29, 0.717) is 23.1 Å². The number of nitrogen functional groups attached to an aromatic ring is 1. The molecule has 5 nitrogen and oxygen atoms in total. The highest BCUT2D eigenvalue weighted by Gasteiger charge is 2.06. The van der Waals surface area contributed by atoms with Gasteiger partial charge in [0.15, 0.2) is 0 Å². The Balaban J connectivity index is 1.81. The molecule has 0 aliphatic heterocycles. The summed E-state index contributed by atoms with van der Waals surface area (Å²) >= 11 is 0. The second kappa shape index (κ2) is 5.36. The van der Waals surface area contributed by atoms with E-state index in [1.807, 2.05) is 48.5 Å². The van der Waals surface area contributed by atoms with E-state index in [1.54, 1.807) is 12.3 Å². The number of rotatable bonds is 3. The number of aromatic nitrogens is 3. The maximum Gasteiger partial charge on any atom is 0.251 e. The summed E-state index contributed by atoms with van der Waals surface area (Å²) in [5.41, 5.74) is 8.08. The highest BCUT2D eigenvalue weighted by atomic mass is 16.5. The largest absolute Gasteiger partial charge is 0.399 e. The van der Waals surface area contributed by atoms with Crippen molar-refractivity contribution in [2.24, 2.45) is 0 Å². The molecule has 1 aromatic carbocycles. The van der Waals surface area contributed by atoms with Crippen molar-refractivity contribution < 1.29 is 4.52 Å². The Bertz CT molecular complexity index is 734.